The molecule has 138 valence electrons. The fourth-order valence-electron chi connectivity index (χ4n) is 2.48. The van der Waals surface area contributed by atoms with Gasteiger partial charge in [0.05, 0.1) is 27.9 Å². The lowest BCUT2D eigenvalue weighted by Gasteiger charge is -2.09. The molecule has 0 saturated heterocycles. The summed E-state index contributed by atoms with van der Waals surface area (Å²) in [5.41, 5.74) is -0.554. The third-order valence-electron chi connectivity index (χ3n) is 3.85. The van der Waals surface area contributed by atoms with Crippen LogP contribution in [0.15, 0.2) is 29.4 Å². The topological polar surface area (TPSA) is 77.7 Å². The standard InChI is InChI=1S/C15H12ClF3N4O2S/c1-3-26(24,25)11-7-21-13(16)4-8(11)14-22-9-5-12(15(17,18)19)20-6-10(9)23(14)2/h4-7H,3H2,1-2H3. The minimum Gasteiger partial charge on any atom is -0.326 e. The second-order valence-electron chi connectivity index (χ2n) is 5.46. The second-order valence-corrected chi connectivity index (χ2v) is 8.09. The Balaban J connectivity index is 2.30. The van der Waals surface area contributed by atoms with Gasteiger partial charge in [0.1, 0.15) is 16.7 Å². The summed E-state index contributed by atoms with van der Waals surface area (Å²) in [5, 5.41) is 0.0382. The summed E-state index contributed by atoms with van der Waals surface area (Å²) in [6.07, 6.45) is -2.44. The van der Waals surface area contributed by atoms with Crippen molar-refractivity contribution in [3.05, 3.63) is 35.4 Å². The van der Waals surface area contributed by atoms with Crippen LogP contribution < -0.4 is 0 Å². The second kappa shape index (κ2) is 6.20. The summed E-state index contributed by atoms with van der Waals surface area (Å²) in [7, 11) is -2.10. The smallest absolute Gasteiger partial charge is 0.326 e. The van der Waals surface area contributed by atoms with Gasteiger partial charge in [0, 0.05) is 18.8 Å². The molecule has 0 unspecified atom stereocenters. The first-order valence-corrected chi connectivity index (χ1v) is 9.36. The van der Waals surface area contributed by atoms with Gasteiger partial charge in [0.15, 0.2) is 9.84 Å². The van der Waals surface area contributed by atoms with E-state index in [-0.39, 0.29) is 32.7 Å². The van der Waals surface area contributed by atoms with Gasteiger partial charge in [-0.15, -0.1) is 0 Å². The fraction of sp³-hybridized carbons (Fsp3) is 0.267. The van der Waals surface area contributed by atoms with Crippen molar-refractivity contribution in [2.75, 3.05) is 5.75 Å². The number of alkyl halides is 3. The molecule has 0 bridgehead atoms. The van der Waals surface area contributed by atoms with Crippen LogP contribution in [0.5, 0.6) is 0 Å². The van der Waals surface area contributed by atoms with Crippen LogP contribution in [0.2, 0.25) is 5.15 Å². The summed E-state index contributed by atoms with van der Waals surface area (Å²) in [4.78, 5) is 11.3. The number of pyridine rings is 2. The Labute approximate surface area is 151 Å². The SMILES string of the molecule is CCS(=O)(=O)c1cnc(Cl)cc1-c1nc2cc(C(F)(F)F)ncc2n1C. The van der Waals surface area contributed by atoms with Crippen LogP contribution in [0, 0.1) is 0 Å². The first kappa shape index (κ1) is 18.6. The molecule has 0 saturated carbocycles. The highest BCUT2D eigenvalue weighted by atomic mass is 35.5. The number of halogens is 4. The predicted octanol–water partition coefficient (Wildman–Crippen LogP) is 3.50. The molecular formula is C15H12ClF3N4O2S. The number of hydrogen-bond donors (Lipinski definition) is 0. The van der Waals surface area contributed by atoms with Gasteiger partial charge in [0.2, 0.25) is 0 Å². The van der Waals surface area contributed by atoms with Gasteiger partial charge >= 0.3 is 6.18 Å². The highest BCUT2D eigenvalue weighted by molar-refractivity contribution is 7.91. The summed E-state index contributed by atoms with van der Waals surface area (Å²) in [6.45, 7) is 1.47. The Bertz CT molecular complexity index is 1110. The zero-order valence-corrected chi connectivity index (χ0v) is 15.1. The third kappa shape index (κ3) is 3.14. The number of nitrogens with zero attached hydrogens (tertiary/aromatic N) is 4. The van der Waals surface area contributed by atoms with Crippen LogP contribution in [0.3, 0.4) is 0 Å². The average Bonchev–Trinajstić information content (AvgIpc) is 2.90. The van der Waals surface area contributed by atoms with Crippen molar-refractivity contribution in [3.63, 3.8) is 0 Å². The normalized spacial score (nSPS) is 12.7. The zero-order valence-electron chi connectivity index (χ0n) is 13.5. The van der Waals surface area contributed by atoms with Gasteiger partial charge in [-0.1, -0.05) is 18.5 Å². The van der Waals surface area contributed by atoms with Crippen LogP contribution in [-0.4, -0.2) is 33.7 Å². The fourth-order valence-corrected chi connectivity index (χ4v) is 3.65. The number of rotatable bonds is 3. The number of imidazole rings is 1. The van der Waals surface area contributed by atoms with E-state index in [4.69, 9.17) is 11.6 Å². The van der Waals surface area contributed by atoms with Crippen LogP contribution in [0.1, 0.15) is 12.6 Å². The van der Waals surface area contributed by atoms with Gasteiger partial charge in [-0.05, 0) is 12.1 Å². The number of aromatic nitrogens is 4. The molecule has 0 aliphatic heterocycles. The van der Waals surface area contributed by atoms with Crippen LogP contribution in [-0.2, 0) is 23.1 Å². The lowest BCUT2D eigenvalue weighted by molar-refractivity contribution is -0.141. The van der Waals surface area contributed by atoms with E-state index in [1.54, 1.807) is 7.05 Å². The Morgan fingerprint density at radius 3 is 2.50 bits per heavy atom. The highest BCUT2D eigenvalue weighted by Crippen LogP contribution is 2.33. The molecule has 0 atom stereocenters. The van der Waals surface area contributed by atoms with Crippen LogP contribution in [0.4, 0.5) is 13.2 Å². The summed E-state index contributed by atoms with van der Waals surface area (Å²) >= 11 is 5.89. The average molecular weight is 405 g/mol. The summed E-state index contributed by atoms with van der Waals surface area (Å²) < 4.78 is 64.7. The van der Waals surface area contributed by atoms with E-state index in [1.165, 1.54) is 17.6 Å². The first-order valence-electron chi connectivity index (χ1n) is 7.33. The quantitative estimate of drug-likeness (QED) is 0.624. The van der Waals surface area contributed by atoms with Crippen LogP contribution in [0.25, 0.3) is 22.4 Å². The molecule has 0 radical (unpaired) electrons. The molecule has 11 heteroatoms. The molecular weight excluding hydrogens is 393 g/mol. The number of fused-ring (bicyclic) bond motifs is 1. The van der Waals surface area contributed by atoms with Gasteiger partial charge in [-0.2, -0.15) is 13.2 Å². The maximum Gasteiger partial charge on any atom is 0.433 e. The van der Waals surface area contributed by atoms with E-state index in [2.05, 4.69) is 15.0 Å². The molecule has 3 aromatic heterocycles. The van der Waals surface area contributed by atoms with Crippen molar-refractivity contribution >= 4 is 32.5 Å². The molecule has 0 aromatic carbocycles. The largest absolute Gasteiger partial charge is 0.433 e. The summed E-state index contributed by atoms with van der Waals surface area (Å²) in [5.74, 6) is -0.0232. The molecule has 0 fully saturated rings. The lowest BCUT2D eigenvalue weighted by Crippen LogP contribution is -2.08. The monoisotopic (exact) mass is 404 g/mol. The Morgan fingerprint density at radius 1 is 1.19 bits per heavy atom. The van der Waals surface area contributed by atoms with E-state index in [0.29, 0.717) is 5.52 Å². The number of aryl methyl sites for hydroxylation is 1. The van der Waals surface area contributed by atoms with E-state index in [0.717, 1.165) is 18.5 Å². The molecule has 0 N–H and O–H groups in total. The molecule has 3 rings (SSSR count). The maximum atomic E-state index is 12.9. The molecule has 0 aliphatic carbocycles. The predicted molar refractivity (Wildman–Crippen MR) is 89.5 cm³/mol. The molecule has 6 nitrogen and oxygen atoms in total. The molecule has 26 heavy (non-hydrogen) atoms. The van der Waals surface area contributed by atoms with Crippen LogP contribution >= 0.6 is 11.6 Å². The van der Waals surface area contributed by atoms with E-state index < -0.39 is 21.7 Å². The minimum absolute atomic E-state index is 0.0382. The first-order chi connectivity index (χ1) is 12.0. The number of sulfone groups is 1. The lowest BCUT2D eigenvalue weighted by atomic mass is 10.2. The van der Waals surface area contributed by atoms with Crippen molar-refractivity contribution in [2.45, 2.75) is 18.0 Å². The Morgan fingerprint density at radius 2 is 1.88 bits per heavy atom. The van der Waals surface area contributed by atoms with Crippen molar-refractivity contribution in [2.24, 2.45) is 7.05 Å². The van der Waals surface area contributed by atoms with Crippen molar-refractivity contribution in [1.29, 1.82) is 0 Å². The minimum atomic E-state index is -4.61. The third-order valence-corrected chi connectivity index (χ3v) is 5.81. The van der Waals surface area contributed by atoms with Gasteiger partial charge < -0.3 is 4.57 Å². The maximum absolute atomic E-state index is 12.9. The Hall–Kier alpha value is -2.20. The number of hydrogen-bond acceptors (Lipinski definition) is 5. The molecule has 0 aliphatic rings. The van der Waals surface area contributed by atoms with Gasteiger partial charge in [-0.25, -0.2) is 23.4 Å². The van der Waals surface area contributed by atoms with Crippen molar-refractivity contribution in [1.82, 2.24) is 19.5 Å². The highest BCUT2D eigenvalue weighted by Gasteiger charge is 2.33. The van der Waals surface area contributed by atoms with E-state index in [1.807, 2.05) is 0 Å². The Kier molecular flexibility index (Phi) is 4.43. The molecule has 3 heterocycles. The van der Waals surface area contributed by atoms with E-state index >= 15 is 0 Å². The molecule has 3 aromatic rings. The molecule has 0 amide bonds. The summed E-state index contributed by atoms with van der Waals surface area (Å²) in [6, 6.07) is 2.14. The van der Waals surface area contributed by atoms with Gasteiger partial charge in [0.25, 0.3) is 0 Å². The molecule has 0 spiro atoms. The van der Waals surface area contributed by atoms with Gasteiger partial charge in [-0.3, -0.25) is 0 Å². The zero-order chi connectivity index (χ0) is 19.3. The van der Waals surface area contributed by atoms with Crippen molar-refractivity contribution in [3.8, 4) is 11.4 Å². The van der Waals surface area contributed by atoms with E-state index in [9.17, 15) is 21.6 Å². The van der Waals surface area contributed by atoms with Crippen molar-refractivity contribution < 1.29 is 21.6 Å².